The highest BCUT2D eigenvalue weighted by Crippen LogP contribution is 2.19. The van der Waals surface area contributed by atoms with Crippen molar-refractivity contribution in [3.8, 4) is 11.4 Å². The summed E-state index contributed by atoms with van der Waals surface area (Å²) in [6.45, 7) is 1.84. The summed E-state index contributed by atoms with van der Waals surface area (Å²) in [4.78, 5) is 15.5. The molecule has 2 N–H and O–H groups in total. The van der Waals surface area contributed by atoms with E-state index in [0.29, 0.717) is 5.82 Å². The van der Waals surface area contributed by atoms with Gasteiger partial charge in [0.2, 0.25) is 5.91 Å². The zero-order valence-corrected chi connectivity index (χ0v) is 10.8. The standard InChI is InChI=1S/C11H11BrN4O/c1-7-13-11(16-15-7)8-3-2-4-9(5-8)14-10(17)6-12/h2-5H,6H2,1H3,(H,14,17)(H,13,15,16). The summed E-state index contributed by atoms with van der Waals surface area (Å²) in [5.41, 5.74) is 1.59. The van der Waals surface area contributed by atoms with Crippen molar-refractivity contribution in [2.45, 2.75) is 6.92 Å². The van der Waals surface area contributed by atoms with Gasteiger partial charge in [-0.15, -0.1) is 0 Å². The maximum atomic E-state index is 11.2. The van der Waals surface area contributed by atoms with Gasteiger partial charge in [-0.2, -0.15) is 5.10 Å². The van der Waals surface area contributed by atoms with Crippen LogP contribution in [0, 0.1) is 6.92 Å². The molecule has 0 saturated heterocycles. The molecule has 1 heterocycles. The van der Waals surface area contributed by atoms with E-state index in [1.807, 2.05) is 31.2 Å². The second kappa shape index (κ2) is 5.09. The predicted octanol–water partition coefficient (Wildman–Crippen LogP) is 2.11. The number of H-pyrrole nitrogens is 1. The quantitative estimate of drug-likeness (QED) is 0.852. The number of nitrogens with one attached hydrogen (secondary N) is 2. The molecule has 0 saturated carbocycles. The molecule has 0 aliphatic carbocycles. The van der Waals surface area contributed by atoms with Crippen LogP contribution in [0.2, 0.25) is 0 Å². The van der Waals surface area contributed by atoms with Crippen LogP contribution in [0.1, 0.15) is 5.82 Å². The number of alkyl halides is 1. The first-order valence-corrected chi connectivity index (χ1v) is 6.16. The van der Waals surface area contributed by atoms with E-state index in [2.05, 4.69) is 36.4 Å². The second-order valence-corrected chi connectivity index (χ2v) is 4.07. The average Bonchev–Trinajstić information content (AvgIpc) is 2.76. The fourth-order valence-corrected chi connectivity index (χ4v) is 1.54. The average molecular weight is 295 g/mol. The molecular weight excluding hydrogens is 284 g/mol. The molecule has 1 aromatic heterocycles. The van der Waals surface area contributed by atoms with Crippen molar-refractivity contribution in [3.63, 3.8) is 0 Å². The van der Waals surface area contributed by atoms with E-state index < -0.39 is 0 Å². The number of halogens is 1. The molecule has 88 valence electrons. The lowest BCUT2D eigenvalue weighted by atomic mass is 10.2. The first-order chi connectivity index (χ1) is 8.19. The van der Waals surface area contributed by atoms with Gasteiger partial charge in [-0.25, -0.2) is 4.98 Å². The van der Waals surface area contributed by atoms with Gasteiger partial charge in [-0.05, 0) is 19.1 Å². The van der Waals surface area contributed by atoms with Crippen LogP contribution >= 0.6 is 15.9 Å². The van der Waals surface area contributed by atoms with E-state index in [1.165, 1.54) is 0 Å². The maximum Gasteiger partial charge on any atom is 0.235 e. The number of aryl methyl sites for hydroxylation is 1. The SMILES string of the molecule is Cc1nc(-c2cccc(NC(=O)CBr)c2)n[nH]1. The third kappa shape index (κ3) is 2.91. The van der Waals surface area contributed by atoms with Crippen LogP contribution in [0.25, 0.3) is 11.4 Å². The molecule has 2 aromatic rings. The molecule has 2 rings (SSSR count). The summed E-state index contributed by atoms with van der Waals surface area (Å²) in [5, 5.41) is 9.88. The molecule has 0 bridgehead atoms. The van der Waals surface area contributed by atoms with Gasteiger partial charge in [0.15, 0.2) is 5.82 Å². The lowest BCUT2D eigenvalue weighted by Gasteiger charge is -2.03. The minimum atomic E-state index is -0.0895. The van der Waals surface area contributed by atoms with Crippen molar-refractivity contribution in [2.24, 2.45) is 0 Å². The van der Waals surface area contributed by atoms with E-state index in [1.54, 1.807) is 0 Å². The minimum Gasteiger partial charge on any atom is -0.325 e. The zero-order chi connectivity index (χ0) is 12.3. The Morgan fingerprint density at radius 1 is 1.53 bits per heavy atom. The van der Waals surface area contributed by atoms with Crippen LogP contribution in [0.5, 0.6) is 0 Å². The van der Waals surface area contributed by atoms with Crippen molar-refractivity contribution >= 4 is 27.5 Å². The van der Waals surface area contributed by atoms with Gasteiger partial charge in [0.05, 0.1) is 5.33 Å². The number of aromatic amines is 1. The normalized spacial score (nSPS) is 10.2. The van der Waals surface area contributed by atoms with Crippen molar-refractivity contribution < 1.29 is 4.79 Å². The minimum absolute atomic E-state index is 0.0895. The number of hydrogen-bond donors (Lipinski definition) is 2. The van der Waals surface area contributed by atoms with Gasteiger partial charge in [-0.3, -0.25) is 9.89 Å². The number of nitrogens with zero attached hydrogens (tertiary/aromatic N) is 2. The van der Waals surface area contributed by atoms with E-state index in [0.717, 1.165) is 17.1 Å². The van der Waals surface area contributed by atoms with Crippen molar-refractivity contribution in [1.82, 2.24) is 15.2 Å². The van der Waals surface area contributed by atoms with Gasteiger partial charge in [0.25, 0.3) is 0 Å². The van der Waals surface area contributed by atoms with Gasteiger partial charge < -0.3 is 5.32 Å². The molecule has 1 amide bonds. The molecule has 0 unspecified atom stereocenters. The fraction of sp³-hybridized carbons (Fsp3) is 0.182. The molecule has 1 aromatic carbocycles. The number of amides is 1. The first-order valence-electron chi connectivity index (χ1n) is 5.04. The smallest absolute Gasteiger partial charge is 0.235 e. The summed E-state index contributed by atoms with van der Waals surface area (Å²) in [6.07, 6.45) is 0. The highest BCUT2D eigenvalue weighted by molar-refractivity contribution is 9.09. The Labute approximate surface area is 107 Å². The molecular formula is C11H11BrN4O. The van der Waals surface area contributed by atoms with Gasteiger partial charge in [-0.1, -0.05) is 28.1 Å². The van der Waals surface area contributed by atoms with Crippen molar-refractivity contribution in [2.75, 3.05) is 10.6 Å². The number of carbonyl (C=O) groups is 1. The van der Waals surface area contributed by atoms with E-state index in [-0.39, 0.29) is 11.2 Å². The number of benzene rings is 1. The van der Waals surface area contributed by atoms with Crippen LogP contribution in [0.4, 0.5) is 5.69 Å². The second-order valence-electron chi connectivity index (χ2n) is 3.51. The molecule has 6 heteroatoms. The summed E-state index contributed by atoms with van der Waals surface area (Å²) < 4.78 is 0. The summed E-state index contributed by atoms with van der Waals surface area (Å²) in [6, 6.07) is 7.41. The monoisotopic (exact) mass is 294 g/mol. The van der Waals surface area contributed by atoms with Gasteiger partial charge in [0.1, 0.15) is 5.82 Å². The van der Waals surface area contributed by atoms with Crippen LogP contribution in [0.15, 0.2) is 24.3 Å². The van der Waals surface area contributed by atoms with Crippen LogP contribution < -0.4 is 5.32 Å². The topological polar surface area (TPSA) is 70.7 Å². The highest BCUT2D eigenvalue weighted by Gasteiger charge is 2.05. The Hall–Kier alpha value is -1.69. The Bertz CT molecular complexity index is 538. The highest BCUT2D eigenvalue weighted by atomic mass is 79.9. The van der Waals surface area contributed by atoms with Gasteiger partial charge in [0, 0.05) is 11.3 Å². The first kappa shape index (κ1) is 11.8. The van der Waals surface area contributed by atoms with Crippen molar-refractivity contribution in [3.05, 3.63) is 30.1 Å². The maximum absolute atomic E-state index is 11.2. The molecule has 5 nitrogen and oxygen atoms in total. The van der Waals surface area contributed by atoms with Crippen LogP contribution in [-0.2, 0) is 4.79 Å². The summed E-state index contributed by atoms with van der Waals surface area (Å²) in [5.74, 6) is 1.29. The van der Waals surface area contributed by atoms with Crippen molar-refractivity contribution in [1.29, 1.82) is 0 Å². The van der Waals surface area contributed by atoms with Crippen LogP contribution in [0.3, 0.4) is 0 Å². The fourth-order valence-electron chi connectivity index (χ4n) is 1.40. The third-order valence-electron chi connectivity index (χ3n) is 2.12. The summed E-state index contributed by atoms with van der Waals surface area (Å²) >= 11 is 3.10. The number of hydrogen-bond acceptors (Lipinski definition) is 3. The lowest BCUT2D eigenvalue weighted by Crippen LogP contribution is -2.12. The predicted molar refractivity (Wildman–Crippen MR) is 69.0 cm³/mol. The number of anilines is 1. The van der Waals surface area contributed by atoms with E-state index in [9.17, 15) is 4.79 Å². The molecule has 0 fully saturated rings. The molecule has 0 atom stereocenters. The Balaban J connectivity index is 2.25. The van der Waals surface area contributed by atoms with Gasteiger partial charge >= 0.3 is 0 Å². The zero-order valence-electron chi connectivity index (χ0n) is 9.20. The summed E-state index contributed by atoms with van der Waals surface area (Å²) in [7, 11) is 0. The van der Waals surface area contributed by atoms with Crippen LogP contribution in [-0.4, -0.2) is 26.4 Å². The molecule has 17 heavy (non-hydrogen) atoms. The molecule has 0 aliphatic rings. The molecule has 0 aliphatic heterocycles. The lowest BCUT2D eigenvalue weighted by molar-refractivity contribution is -0.113. The Kier molecular flexibility index (Phi) is 3.53. The third-order valence-corrected chi connectivity index (χ3v) is 2.63. The van der Waals surface area contributed by atoms with E-state index in [4.69, 9.17) is 0 Å². The molecule has 0 spiro atoms. The number of aromatic nitrogens is 3. The molecule has 0 radical (unpaired) electrons. The number of rotatable bonds is 3. The number of carbonyl (C=O) groups excluding carboxylic acids is 1. The Morgan fingerprint density at radius 3 is 3.00 bits per heavy atom. The van der Waals surface area contributed by atoms with E-state index >= 15 is 0 Å². The largest absolute Gasteiger partial charge is 0.325 e. The Morgan fingerprint density at radius 2 is 2.35 bits per heavy atom.